The number of carbonyl (C=O) groups is 1. The Kier molecular flexibility index (Phi) is 6.09. The van der Waals surface area contributed by atoms with Gasteiger partial charge in [-0.25, -0.2) is 4.98 Å². The zero-order valence-electron chi connectivity index (χ0n) is 13.8. The third kappa shape index (κ3) is 4.84. The highest BCUT2D eigenvalue weighted by Crippen LogP contribution is 2.18. The van der Waals surface area contributed by atoms with Gasteiger partial charge in [-0.2, -0.15) is 0 Å². The predicted molar refractivity (Wildman–Crippen MR) is 96.5 cm³/mol. The topological polar surface area (TPSA) is 63.7 Å². The number of hydrogen-bond donors (Lipinski definition) is 1. The summed E-state index contributed by atoms with van der Waals surface area (Å²) >= 11 is 5.83. The minimum absolute atomic E-state index is 0.158. The van der Waals surface area contributed by atoms with Gasteiger partial charge in [0.05, 0.1) is 25.3 Å². The average molecular weight is 362 g/mol. The van der Waals surface area contributed by atoms with E-state index in [-0.39, 0.29) is 5.91 Å². The van der Waals surface area contributed by atoms with Gasteiger partial charge < -0.3 is 19.7 Å². The molecule has 0 atom stereocenters. The van der Waals surface area contributed by atoms with Crippen molar-refractivity contribution in [3.05, 3.63) is 53.2 Å². The molecule has 1 aromatic carbocycles. The molecule has 0 saturated carbocycles. The van der Waals surface area contributed by atoms with Crippen LogP contribution in [0.5, 0.6) is 5.75 Å². The monoisotopic (exact) mass is 361 g/mol. The fraction of sp³-hybridized carbons (Fsp3) is 0.333. The number of hydrogen-bond acceptors (Lipinski definition) is 5. The minimum atomic E-state index is -0.158. The Morgan fingerprint density at radius 1 is 1.24 bits per heavy atom. The quantitative estimate of drug-likeness (QED) is 0.800. The second kappa shape index (κ2) is 8.69. The zero-order chi connectivity index (χ0) is 17.5. The maximum Gasteiger partial charge on any atom is 0.255 e. The molecule has 1 aliphatic heterocycles. The van der Waals surface area contributed by atoms with Crippen LogP contribution < -0.4 is 15.0 Å². The summed E-state index contributed by atoms with van der Waals surface area (Å²) in [4.78, 5) is 18.9. The van der Waals surface area contributed by atoms with Crippen molar-refractivity contribution in [1.29, 1.82) is 0 Å². The number of ether oxygens (including phenoxy) is 2. The number of nitrogens with zero attached hydrogens (tertiary/aromatic N) is 2. The fourth-order valence-electron chi connectivity index (χ4n) is 2.56. The molecule has 7 heteroatoms. The maximum absolute atomic E-state index is 12.5. The lowest BCUT2D eigenvalue weighted by Crippen LogP contribution is -2.38. The Morgan fingerprint density at radius 3 is 2.76 bits per heavy atom. The number of rotatable bonds is 6. The third-order valence-electron chi connectivity index (χ3n) is 3.81. The molecule has 1 fully saturated rings. The van der Waals surface area contributed by atoms with Crippen molar-refractivity contribution in [2.24, 2.45) is 0 Å². The van der Waals surface area contributed by atoms with E-state index in [4.69, 9.17) is 21.1 Å². The summed E-state index contributed by atoms with van der Waals surface area (Å²) in [5.41, 5.74) is 0.566. The van der Waals surface area contributed by atoms with Gasteiger partial charge in [0.25, 0.3) is 5.91 Å². The number of nitrogens with one attached hydrogen (secondary N) is 1. The second-order valence-corrected chi connectivity index (χ2v) is 5.97. The van der Waals surface area contributed by atoms with E-state index in [0.717, 1.165) is 13.1 Å². The summed E-state index contributed by atoms with van der Waals surface area (Å²) in [5, 5.41) is 3.53. The van der Waals surface area contributed by atoms with Crippen molar-refractivity contribution < 1.29 is 14.3 Å². The van der Waals surface area contributed by atoms with Gasteiger partial charge in [0.1, 0.15) is 18.2 Å². The number of halogens is 1. The standard InChI is InChI=1S/C18H20ClN3O3/c19-14-3-5-15(6-4-14)25-11-8-21-18(23)16-2-1-7-20-17(16)22-9-12-24-13-10-22/h1-7H,8-13H2,(H,21,23). The number of amides is 1. The first kappa shape index (κ1) is 17.5. The Bertz CT molecular complexity index is 703. The highest BCUT2D eigenvalue weighted by molar-refractivity contribution is 6.30. The number of morpholine rings is 1. The molecule has 2 aromatic rings. The van der Waals surface area contributed by atoms with E-state index < -0.39 is 0 Å². The summed E-state index contributed by atoms with van der Waals surface area (Å²) < 4.78 is 10.9. The van der Waals surface area contributed by atoms with Crippen LogP contribution in [0.4, 0.5) is 5.82 Å². The summed E-state index contributed by atoms with van der Waals surface area (Å²) in [6.45, 7) is 3.53. The van der Waals surface area contributed by atoms with E-state index in [9.17, 15) is 4.79 Å². The number of benzene rings is 1. The fourth-order valence-corrected chi connectivity index (χ4v) is 2.69. The predicted octanol–water partition coefficient (Wildman–Crippen LogP) is 2.38. The van der Waals surface area contributed by atoms with Gasteiger partial charge in [0, 0.05) is 24.3 Å². The molecular weight excluding hydrogens is 342 g/mol. The Balaban J connectivity index is 1.53. The van der Waals surface area contributed by atoms with Crippen LogP contribution in [0, 0.1) is 0 Å². The van der Waals surface area contributed by atoms with Gasteiger partial charge in [-0.05, 0) is 36.4 Å². The number of pyridine rings is 1. The molecule has 0 radical (unpaired) electrons. The lowest BCUT2D eigenvalue weighted by molar-refractivity contribution is 0.0945. The van der Waals surface area contributed by atoms with Crippen LogP contribution in [-0.2, 0) is 4.74 Å². The average Bonchev–Trinajstić information content (AvgIpc) is 2.67. The van der Waals surface area contributed by atoms with E-state index in [0.29, 0.717) is 48.5 Å². The van der Waals surface area contributed by atoms with Gasteiger partial charge in [0.15, 0.2) is 0 Å². The summed E-state index contributed by atoms with van der Waals surface area (Å²) in [5.74, 6) is 1.25. The van der Waals surface area contributed by atoms with Crippen molar-refractivity contribution in [2.45, 2.75) is 0 Å². The SMILES string of the molecule is O=C(NCCOc1ccc(Cl)cc1)c1cccnc1N1CCOCC1. The van der Waals surface area contributed by atoms with Crippen LogP contribution in [0.1, 0.15) is 10.4 Å². The maximum atomic E-state index is 12.5. The largest absolute Gasteiger partial charge is 0.492 e. The van der Waals surface area contributed by atoms with E-state index in [1.807, 2.05) is 0 Å². The third-order valence-corrected chi connectivity index (χ3v) is 4.06. The van der Waals surface area contributed by atoms with E-state index in [1.165, 1.54) is 0 Å². The molecule has 0 bridgehead atoms. The molecular formula is C18H20ClN3O3. The molecule has 132 valence electrons. The highest BCUT2D eigenvalue weighted by atomic mass is 35.5. The molecule has 1 saturated heterocycles. The smallest absolute Gasteiger partial charge is 0.255 e. The van der Waals surface area contributed by atoms with Crippen LogP contribution in [-0.4, -0.2) is 50.3 Å². The van der Waals surface area contributed by atoms with Crippen LogP contribution in [0.25, 0.3) is 0 Å². The van der Waals surface area contributed by atoms with Crippen molar-refractivity contribution in [3.8, 4) is 5.75 Å². The molecule has 0 spiro atoms. The molecule has 6 nitrogen and oxygen atoms in total. The first-order chi connectivity index (χ1) is 12.2. The number of carbonyl (C=O) groups excluding carboxylic acids is 1. The van der Waals surface area contributed by atoms with Crippen molar-refractivity contribution in [2.75, 3.05) is 44.4 Å². The molecule has 1 N–H and O–H groups in total. The first-order valence-corrected chi connectivity index (χ1v) is 8.56. The lowest BCUT2D eigenvalue weighted by atomic mass is 10.2. The van der Waals surface area contributed by atoms with Gasteiger partial charge in [-0.1, -0.05) is 11.6 Å². The normalized spacial score (nSPS) is 14.2. The van der Waals surface area contributed by atoms with E-state index >= 15 is 0 Å². The molecule has 0 unspecified atom stereocenters. The Hall–Kier alpha value is -2.31. The lowest BCUT2D eigenvalue weighted by Gasteiger charge is -2.29. The molecule has 1 aliphatic rings. The summed E-state index contributed by atoms with van der Waals surface area (Å²) in [6.07, 6.45) is 1.70. The summed E-state index contributed by atoms with van der Waals surface area (Å²) in [7, 11) is 0. The van der Waals surface area contributed by atoms with E-state index in [2.05, 4.69) is 15.2 Å². The zero-order valence-corrected chi connectivity index (χ0v) is 14.5. The highest BCUT2D eigenvalue weighted by Gasteiger charge is 2.19. The molecule has 0 aliphatic carbocycles. The van der Waals surface area contributed by atoms with Crippen LogP contribution in [0.3, 0.4) is 0 Å². The van der Waals surface area contributed by atoms with Crippen LogP contribution in [0.2, 0.25) is 5.02 Å². The minimum Gasteiger partial charge on any atom is -0.492 e. The van der Waals surface area contributed by atoms with Crippen LogP contribution in [0.15, 0.2) is 42.6 Å². The molecule has 1 amide bonds. The Morgan fingerprint density at radius 2 is 2.00 bits per heavy atom. The first-order valence-electron chi connectivity index (χ1n) is 8.18. The molecule has 1 aromatic heterocycles. The number of anilines is 1. The van der Waals surface area contributed by atoms with Crippen molar-refractivity contribution >= 4 is 23.3 Å². The van der Waals surface area contributed by atoms with E-state index in [1.54, 1.807) is 42.6 Å². The Labute approximate surface area is 151 Å². The van der Waals surface area contributed by atoms with Gasteiger partial charge in [-0.15, -0.1) is 0 Å². The van der Waals surface area contributed by atoms with Crippen LogP contribution >= 0.6 is 11.6 Å². The van der Waals surface area contributed by atoms with Crippen molar-refractivity contribution in [3.63, 3.8) is 0 Å². The number of aromatic nitrogens is 1. The van der Waals surface area contributed by atoms with Gasteiger partial charge in [0.2, 0.25) is 0 Å². The summed E-state index contributed by atoms with van der Waals surface area (Å²) in [6, 6.07) is 10.7. The molecule has 2 heterocycles. The second-order valence-electron chi connectivity index (χ2n) is 5.53. The van der Waals surface area contributed by atoms with Crippen molar-refractivity contribution in [1.82, 2.24) is 10.3 Å². The molecule has 3 rings (SSSR count). The molecule has 25 heavy (non-hydrogen) atoms. The van der Waals surface area contributed by atoms with Gasteiger partial charge in [-0.3, -0.25) is 4.79 Å². The van der Waals surface area contributed by atoms with Gasteiger partial charge >= 0.3 is 0 Å².